The molecule has 0 radical (unpaired) electrons. The van der Waals surface area contributed by atoms with Gasteiger partial charge in [-0.3, -0.25) is 4.79 Å². The van der Waals surface area contributed by atoms with Crippen LogP contribution in [0.4, 0.5) is 0 Å². The first kappa shape index (κ1) is 16.1. The molecule has 1 saturated carbocycles. The van der Waals surface area contributed by atoms with Gasteiger partial charge in [-0.2, -0.15) is 0 Å². The summed E-state index contributed by atoms with van der Waals surface area (Å²) in [6, 6.07) is 10.6. The summed E-state index contributed by atoms with van der Waals surface area (Å²) in [6.07, 6.45) is 6.03. The highest BCUT2D eigenvalue weighted by atomic mass is 16.5. The SMILES string of the molecule is O=C(NC1CCC12CCOCC2)C1(c2ccccc2)CCOCC1. The van der Waals surface area contributed by atoms with Crippen molar-refractivity contribution in [1.82, 2.24) is 5.32 Å². The topological polar surface area (TPSA) is 47.6 Å². The van der Waals surface area contributed by atoms with Crippen LogP contribution in [0.25, 0.3) is 0 Å². The maximum Gasteiger partial charge on any atom is 0.231 e. The van der Waals surface area contributed by atoms with Crippen molar-refractivity contribution in [2.45, 2.75) is 50.0 Å². The first-order valence-electron chi connectivity index (χ1n) is 9.27. The van der Waals surface area contributed by atoms with E-state index in [2.05, 4.69) is 17.4 Å². The maximum absolute atomic E-state index is 13.4. The smallest absolute Gasteiger partial charge is 0.231 e. The number of nitrogens with one attached hydrogen (secondary N) is 1. The van der Waals surface area contributed by atoms with Crippen LogP contribution in [0.1, 0.15) is 44.1 Å². The second-order valence-electron chi connectivity index (χ2n) is 7.60. The second-order valence-corrected chi connectivity index (χ2v) is 7.60. The van der Waals surface area contributed by atoms with Crippen LogP contribution in [0.2, 0.25) is 0 Å². The average molecular weight is 329 g/mol. The molecule has 2 aliphatic heterocycles. The molecular weight excluding hydrogens is 302 g/mol. The normalized spacial score (nSPS) is 28.1. The molecule has 1 amide bonds. The van der Waals surface area contributed by atoms with E-state index in [9.17, 15) is 4.79 Å². The fourth-order valence-electron chi connectivity index (χ4n) is 4.72. The van der Waals surface area contributed by atoms with Crippen LogP contribution in [0.15, 0.2) is 30.3 Å². The Morgan fingerprint density at radius 2 is 1.54 bits per heavy atom. The van der Waals surface area contributed by atoms with Crippen molar-refractivity contribution >= 4 is 5.91 Å². The summed E-state index contributed by atoms with van der Waals surface area (Å²) in [6.45, 7) is 2.99. The molecule has 24 heavy (non-hydrogen) atoms. The summed E-state index contributed by atoms with van der Waals surface area (Å²) in [5, 5.41) is 3.44. The van der Waals surface area contributed by atoms with E-state index in [-0.39, 0.29) is 11.3 Å². The molecule has 1 unspecified atom stereocenters. The summed E-state index contributed by atoms with van der Waals surface area (Å²) in [5.41, 5.74) is 0.990. The van der Waals surface area contributed by atoms with Gasteiger partial charge in [0.15, 0.2) is 0 Å². The highest BCUT2D eigenvalue weighted by Gasteiger charge is 2.50. The van der Waals surface area contributed by atoms with Gasteiger partial charge in [-0.15, -0.1) is 0 Å². The minimum Gasteiger partial charge on any atom is -0.381 e. The summed E-state index contributed by atoms with van der Waals surface area (Å²) < 4.78 is 11.1. The number of hydrogen-bond acceptors (Lipinski definition) is 3. The lowest BCUT2D eigenvalue weighted by Crippen LogP contribution is -2.61. The van der Waals surface area contributed by atoms with Gasteiger partial charge >= 0.3 is 0 Å². The van der Waals surface area contributed by atoms with Gasteiger partial charge in [0.05, 0.1) is 5.41 Å². The Balaban J connectivity index is 1.54. The lowest BCUT2D eigenvalue weighted by molar-refractivity contribution is -0.136. The van der Waals surface area contributed by atoms with Crippen LogP contribution in [0.3, 0.4) is 0 Å². The number of rotatable bonds is 3. The molecule has 1 aromatic rings. The zero-order valence-corrected chi connectivity index (χ0v) is 14.3. The van der Waals surface area contributed by atoms with Crippen molar-refractivity contribution in [2.24, 2.45) is 5.41 Å². The summed E-state index contributed by atoms with van der Waals surface area (Å²) >= 11 is 0. The zero-order chi connectivity index (χ0) is 16.5. The Kier molecular flexibility index (Phi) is 4.35. The zero-order valence-electron chi connectivity index (χ0n) is 14.3. The van der Waals surface area contributed by atoms with E-state index in [0.717, 1.165) is 50.9 Å². The predicted octanol–water partition coefficient (Wildman–Crippen LogP) is 2.81. The van der Waals surface area contributed by atoms with E-state index in [1.54, 1.807) is 0 Å². The Morgan fingerprint density at radius 1 is 0.917 bits per heavy atom. The molecule has 4 rings (SSSR count). The molecule has 1 spiro atoms. The molecule has 1 aromatic carbocycles. The second kappa shape index (κ2) is 6.49. The number of carbonyl (C=O) groups is 1. The van der Waals surface area contributed by atoms with Crippen LogP contribution in [-0.2, 0) is 19.7 Å². The van der Waals surface area contributed by atoms with Crippen LogP contribution in [-0.4, -0.2) is 38.4 Å². The lowest BCUT2D eigenvalue weighted by Gasteiger charge is -2.53. The fraction of sp³-hybridized carbons (Fsp3) is 0.650. The molecule has 1 N–H and O–H groups in total. The van der Waals surface area contributed by atoms with Crippen molar-refractivity contribution in [3.63, 3.8) is 0 Å². The summed E-state index contributed by atoms with van der Waals surface area (Å²) in [7, 11) is 0. The molecule has 4 heteroatoms. The number of benzene rings is 1. The van der Waals surface area contributed by atoms with Crippen molar-refractivity contribution < 1.29 is 14.3 Å². The molecule has 2 saturated heterocycles. The third-order valence-electron chi connectivity index (χ3n) is 6.57. The van der Waals surface area contributed by atoms with E-state index in [0.29, 0.717) is 19.3 Å². The first-order chi connectivity index (χ1) is 11.8. The molecule has 1 atom stereocenters. The molecule has 2 heterocycles. The van der Waals surface area contributed by atoms with Crippen LogP contribution < -0.4 is 5.32 Å². The molecule has 1 aliphatic carbocycles. The van der Waals surface area contributed by atoms with Gasteiger partial charge in [-0.05, 0) is 49.5 Å². The largest absolute Gasteiger partial charge is 0.381 e. The van der Waals surface area contributed by atoms with Crippen LogP contribution in [0, 0.1) is 5.41 Å². The summed E-state index contributed by atoms with van der Waals surface area (Å²) in [4.78, 5) is 13.4. The standard InChI is InChI=1S/C20H27NO3/c22-18(21-17-6-7-19(17)8-12-23-13-9-19)20(10-14-24-15-11-20)16-4-2-1-3-5-16/h1-5,17H,6-15H2,(H,21,22). The molecule has 0 bridgehead atoms. The van der Waals surface area contributed by atoms with E-state index >= 15 is 0 Å². The van der Waals surface area contributed by atoms with Crippen LogP contribution in [0.5, 0.6) is 0 Å². The third-order valence-corrected chi connectivity index (χ3v) is 6.57. The predicted molar refractivity (Wildman–Crippen MR) is 91.8 cm³/mol. The lowest BCUT2D eigenvalue weighted by atomic mass is 9.59. The molecular formula is C20H27NO3. The van der Waals surface area contributed by atoms with E-state index in [1.165, 1.54) is 6.42 Å². The molecule has 130 valence electrons. The van der Waals surface area contributed by atoms with Crippen LogP contribution >= 0.6 is 0 Å². The van der Waals surface area contributed by atoms with Gasteiger partial charge in [0, 0.05) is 32.5 Å². The summed E-state index contributed by atoms with van der Waals surface area (Å²) in [5.74, 6) is 0.201. The Bertz CT molecular complexity index is 574. The van der Waals surface area contributed by atoms with E-state index in [1.807, 2.05) is 18.2 Å². The van der Waals surface area contributed by atoms with Gasteiger partial charge in [0.25, 0.3) is 0 Å². The van der Waals surface area contributed by atoms with Gasteiger partial charge < -0.3 is 14.8 Å². The van der Waals surface area contributed by atoms with Gasteiger partial charge in [-0.25, -0.2) is 0 Å². The minimum atomic E-state index is -0.429. The number of ether oxygens (including phenoxy) is 2. The quantitative estimate of drug-likeness (QED) is 0.927. The highest BCUT2D eigenvalue weighted by Crippen LogP contribution is 2.49. The number of hydrogen-bond donors (Lipinski definition) is 1. The monoisotopic (exact) mass is 329 g/mol. The maximum atomic E-state index is 13.4. The number of carbonyl (C=O) groups excluding carboxylic acids is 1. The third kappa shape index (κ3) is 2.66. The van der Waals surface area contributed by atoms with Crippen molar-refractivity contribution in [1.29, 1.82) is 0 Å². The van der Waals surface area contributed by atoms with Crippen molar-refractivity contribution in [3.05, 3.63) is 35.9 Å². The van der Waals surface area contributed by atoms with Crippen molar-refractivity contribution in [3.8, 4) is 0 Å². The highest BCUT2D eigenvalue weighted by molar-refractivity contribution is 5.88. The van der Waals surface area contributed by atoms with Gasteiger partial charge in [-0.1, -0.05) is 30.3 Å². The Labute approximate surface area is 143 Å². The van der Waals surface area contributed by atoms with E-state index in [4.69, 9.17) is 9.47 Å². The van der Waals surface area contributed by atoms with Gasteiger partial charge in [0.2, 0.25) is 5.91 Å². The Hall–Kier alpha value is -1.39. The molecule has 3 fully saturated rings. The minimum absolute atomic E-state index is 0.201. The first-order valence-corrected chi connectivity index (χ1v) is 9.27. The van der Waals surface area contributed by atoms with Gasteiger partial charge in [0.1, 0.15) is 0 Å². The van der Waals surface area contributed by atoms with Crippen molar-refractivity contribution in [2.75, 3.05) is 26.4 Å². The number of amides is 1. The fourth-order valence-corrected chi connectivity index (χ4v) is 4.72. The molecule has 3 aliphatic rings. The molecule has 4 nitrogen and oxygen atoms in total. The average Bonchev–Trinajstić information content (AvgIpc) is 2.67. The Morgan fingerprint density at radius 3 is 2.12 bits per heavy atom. The van der Waals surface area contributed by atoms with E-state index < -0.39 is 5.41 Å². The molecule has 0 aromatic heterocycles.